The molecule has 1 aromatic rings. The van der Waals surface area contributed by atoms with Gasteiger partial charge in [0.15, 0.2) is 0 Å². The minimum Gasteiger partial charge on any atom is -0.381 e. The standard InChI is InChI=1S/C17H24F2N4O2/c18-17(19)11-22(12-17)16(24)7-15-10-21(8-13-2-5-25-6-3-13)9-14-1-4-20-23(14)15/h1,4,13,15H,2-3,5-12H2. The van der Waals surface area contributed by atoms with Crippen LogP contribution in [0.25, 0.3) is 0 Å². The Bertz CT molecular complexity index is 622. The molecule has 2 saturated heterocycles. The minimum atomic E-state index is -2.71. The summed E-state index contributed by atoms with van der Waals surface area (Å²) in [6, 6.07) is 1.89. The molecule has 0 N–H and O–H groups in total. The van der Waals surface area contributed by atoms with Gasteiger partial charge in [0.2, 0.25) is 5.91 Å². The number of hydrogen-bond acceptors (Lipinski definition) is 4. The molecule has 25 heavy (non-hydrogen) atoms. The summed E-state index contributed by atoms with van der Waals surface area (Å²) in [4.78, 5) is 15.9. The van der Waals surface area contributed by atoms with Gasteiger partial charge in [-0.15, -0.1) is 0 Å². The van der Waals surface area contributed by atoms with Crippen molar-refractivity contribution in [3.63, 3.8) is 0 Å². The topological polar surface area (TPSA) is 50.6 Å². The van der Waals surface area contributed by atoms with Crippen LogP contribution in [0, 0.1) is 5.92 Å². The van der Waals surface area contributed by atoms with E-state index in [1.165, 1.54) is 4.90 Å². The summed E-state index contributed by atoms with van der Waals surface area (Å²) in [5, 5.41) is 4.36. The van der Waals surface area contributed by atoms with Crippen molar-refractivity contribution in [3.05, 3.63) is 18.0 Å². The smallest absolute Gasteiger partial charge is 0.282 e. The maximum Gasteiger partial charge on any atom is 0.282 e. The van der Waals surface area contributed by atoms with Gasteiger partial charge in [0.25, 0.3) is 5.92 Å². The molecule has 2 fully saturated rings. The Hall–Kier alpha value is -1.54. The fourth-order valence-electron chi connectivity index (χ4n) is 4.07. The van der Waals surface area contributed by atoms with Crippen molar-refractivity contribution in [1.29, 1.82) is 0 Å². The van der Waals surface area contributed by atoms with Gasteiger partial charge in [0, 0.05) is 39.0 Å². The Balaban J connectivity index is 1.39. The van der Waals surface area contributed by atoms with Crippen molar-refractivity contribution < 1.29 is 18.3 Å². The molecule has 6 nitrogen and oxygen atoms in total. The zero-order valence-electron chi connectivity index (χ0n) is 14.2. The van der Waals surface area contributed by atoms with Crippen LogP contribution in [0.4, 0.5) is 8.78 Å². The molecule has 3 aliphatic heterocycles. The Kier molecular flexibility index (Phi) is 4.49. The molecule has 1 unspecified atom stereocenters. The molecule has 1 amide bonds. The van der Waals surface area contributed by atoms with Crippen molar-refractivity contribution in [2.24, 2.45) is 5.92 Å². The number of likely N-dealkylation sites (tertiary alicyclic amines) is 1. The third kappa shape index (κ3) is 3.69. The number of hydrogen-bond donors (Lipinski definition) is 0. The van der Waals surface area contributed by atoms with E-state index < -0.39 is 19.0 Å². The van der Waals surface area contributed by atoms with E-state index >= 15 is 0 Å². The molecule has 0 aromatic carbocycles. The van der Waals surface area contributed by atoms with Crippen LogP contribution < -0.4 is 0 Å². The highest BCUT2D eigenvalue weighted by Crippen LogP contribution is 2.30. The molecule has 0 saturated carbocycles. The highest BCUT2D eigenvalue weighted by Gasteiger charge is 2.46. The maximum absolute atomic E-state index is 13.0. The molecule has 1 atom stereocenters. The maximum atomic E-state index is 13.0. The molecule has 4 heterocycles. The second-order valence-corrected chi connectivity index (χ2v) is 7.48. The van der Waals surface area contributed by atoms with Crippen molar-refractivity contribution in [2.45, 2.75) is 37.8 Å². The molecule has 3 aliphatic rings. The molecule has 138 valence electrons. The Labute approximate surface area is 145 Å². The Morgan fingerprint density at radius 1 is 1.32 bits per heavy atom. The van der Waals surface area contributed by atoms with E-state index in [-0.39, 0.29) is 18.4 Å². The number of alkyl halides is 2. The summed E-state index contributed by atoms with van der Waals surface area (Å²) in [5.74, 6) is -2.30. The lowest BCUT2D eigenvalue weighted by atomic mass is 9.98. The normalized spacial score (nSPS) is 27.0. The lowest BCUT2D eigenvalue weighted by Gasteiger charge is -2.41. The van der Waals surface area contributed by atoms with Gasteiger partial charge < -0.3 is 9.64 Å². The summed E-state index contributed by atoms with van der Waals surface area (Å²) in [6.45, 7) is 3.29. The number of carbonyl (C=O) groups is 1. The third-order valence-electron chi connectivity index (χ3n) is 5.42. The number of carbonyl (C=O) groups excluding carboxylic acids is 1. The molecular weight excluding hydrogens is 330 g/mol. The van der Waals surface area contributed by atoms with Crippen LogP contribution in [-0.2, 0) is 16.1 Å². The Morgan fingerprint density at radius 3 is 2.80 bits per heavy atom. The second kappa shape index (κ2) is 6.64. The fraction of sp³-hybridized carbons (Fsp3) is 0.765. The van der Waals surface area contributed by atoms with Gasteiger partial charge >= 0.3 is 0 Å². The summed E-state index contributed by atoms with van der Waals surface area (Å²) < 4.78 is 33.3. The largest absolute Gasteiger partial charge is 0.381 e. The predicted octanol–water partition coefficient (Wildman–Crippen LogP) is 1.53. The minimum absolute atomic E-state index is 0.0830. The van der Waals surface area contributed by atoms with Gasteiger partial charge in [-0.25, -0.2) is 8.78 Å². The molecule has 1 aromatic heterocycles. The van der Waals surface area contributed by atoms with Gasteiger partial charge in [0.1, 0.15) is 0 Å². The highest BCUT2D eigenvalue weighted by atomic mass is 19.3. The summed E-state index contributed by atoms with van der Waals surface area (Å²) in [6.07, 6.45) is 4.13. The van der Waals surface area contributed by atoms with Gasteiger partial charge in [-0.3, -0.25) is 14.4 Å². The molecule has 4 rings (SSSR count). The van der Waals surface area contributed by atoms with E-state index in [0.717, 1.165) is 51.4 Å². The van der Waals surface area contributed by atoms with Crippen LogP contribution in [0.15, 0.2) is 12.3 Å². The van der Waals surface area contributed by atoms with Crippen molar-refractivity contribution >= 4 is 5.91 Å². The number of fused-ring (bicyclic) bond motifs is 1. The van der Waals surface area contributed by atoms with Gasteiger partial charge in [-0.2, -0.15) is 5.10 Å². The van der Waals surface area contributed by atoms with Crippen molar-refractivity contribution in [1.82, 2.24) is 19.6 Å². The zero-order chi connectivity index (χ0) is 17.4. The van der Waals surface area contributed by atoms with E-state index in [1.54, 1.807) is 6.20 Å². The molecule has 8 heteroatoms. The number of nitrogens with zero attached hydrogens (tertiary/aromatic N) is 4. The lowest BCUT2D eigenvalue weighted by molar-refractivity contribution is -0.166. The second-order valence-electron chi connectivity index (χ2n) is 7.48. The molecule has 0 bridgehead atoms. The fourth-order valence-corrected chi connectivity index (χ4v) is 4.07. The predicted molar refractivity (Wildman–Crippen MR) is 86.2 cm³/mol. The van der Waals surface area contributed by atoms with Crippen LogP contribution in [0.3, 0.4) is 0 Å². The third-order valence-corrected chi connectivity index (χ3v) is 5.42. The molecular formula is C17H24F2N4O2. The van der Waals surface area contributed by atoms with Crippen LogP contribution in [0.2, 0.25) is 0 Å². The molecule has 0 radical (unpaired) electrons. The van der Waals surface area contributed by atoms with E-state index in [0.29, 0.717) is 5.92 Å². The molecule has 0 spiro atoms. The first kappa shape index (κ1) is 16.9. The van der Waals surface area contributed by atoms with Gasteiger partial charge in [-0.1, -0.05) is 0 Å². The number of rotatable bonds is 4. The van der Waals surface area contributed by atoms with Gasteiger partial charge in [0.05, 0.1) is 31.2 Å². The van der Waals surface area contributed by atoms with Crippen LogP contribution in [0.1, 0.15) is 31.0 Å². The van der Waals surface area contributed by atoms with E-state index in [4.69, 9.17) is 4.74 Å². The first-order chi connectivity index (χ1) is 12.0. The SMILES string of the molecule is O=C(CC1CN(CC2CCOCC2)Cc2ccnn21)N1CC(F)(F)C1. The lowest BCUT2D eigenvalue weighted by Crippen LogP contribution is -2.59. The first-order valence-corrected chi connectivity index (χ1v) is 8.98. The van der Waals surface area contributed by atoms with E-state index in [1.807, 2.05) is 10.7 Å². The van der Waals surface area contributed by atoms with Crippen LogP contribution in [-0.4, -0.2) is 70.8 Å². The summed E-state index contributed by atoms with van der Waals surface area (Å²) >= 11 is 0. The number of aromatic nitrogens is 2. The van der Waals surface area contributed by atoms with Crippen molar-refractivity contribution in [3.8, 4) is 0 Å². The summed E-state index contributed by atoms with van der Waals surface area (Å²) in [7, 11) is 0. The quantitative estimate of drug-likeness (QED) is 0.823. The van der Waals surface area contributed by atoms with Gasteiger partial charge in [-0.05, 0) is 24.8 Å². The van der Waals surface area contributed by atoms with Crippen LogP contribution >= 0.6 is 0 Å². The highest BCUT2D eigenvalue weighted by molar-refractivity contribution is 5.77. The van der Waals surface area contributed by atoms with E-state index in [9.17, 15) is 13.6 Å². The number of ether oxygens (including phenoxy) is 1. The zero-order valence-corrected chi connectivity index (χ0v) is 14.2. The first-order valence-electron chi connectivity index (χ1n) is 8.98. The number of halogens is 2. The van der Waals surface area contributed by atoms with Crippen LogP contribution in [0.5, 0.6) is 0 Å². The Morgan fingerprint density at radius 2 is 2.08 bits per heavy atom. The number of amides is 1. The van der Waals surface area contributed by atoms with Crippen molar-refractivity contribution in [2.75, 3.05) is 39.4 Å². The van der Waals surface area contributed by atoms with E-state index in [2.05, 4.69) is 10.00 Å². The summed E-state index contributed by atoms with van der Waals surface area (Å²) in [5.41, 5.74) is 1.09. The molecule has 0 aliphatic carbocycles. The monoisotopic (exact) mass is 354 g/mol. The average molecular weight is 354 g/mol. The average Bonchev–Trinajstić information content (AvgIpc) is 3.02.